The predicted octanol–water partition coefficient (Wildman–Crippen LogP) is 1.46. The van der Waals surface area contributed by atoms with Crippen LogP contribution in [0, 0.1) is 11.3 Å². The van der Waals surface area contributed by atoms with E-state index in [-0.39, 0.29) is 12.0 Å². The van der Waals surface area contributed by atoms with Crippen LogP contribution in [0.1, 0.15) is 39.0 Å². The first-order valence-electron chi connectivity index (χ1n) is 5.59. The second kappa shape index (κ2) is 3.54. The minimum atomic E-state index is -0.374. The van der Waals surface area contributed by atoms with Gasteiger partial charge in [-0.05, 0) is 43.9 Å². The summed E-state index contributed by atoms with van der Waals surface area (Å²) < 4.78 is 4.92. The molecule has 0 aromatic carbocycles. The molecule has 2 aliphatic rings. The molecule has 0 amide bonds. The zero-order valence-electron chi connectivity index (χ0n) is 8.79. The summed E-state index contributed by atoms with van der Waals surface area (Å²) in [5.74, 6) is 0.168. The first-order chi connectivity index (χ1) is 6.67. The number of nitrogens with two attached hydrogens (primary N) is 1. The SMILES string of the molecule is CCOC(=O)C(N)C1CC2(CCC2)C1. The Labute approximate surface area is 85.0 Å². The molecule has 3 nitrogen and oxygen atoms in total. The van der Waals surface area contributed by atoms with Crippen LogP contribution in [-0.4, -0.2) is 18.6 Å². The van der Waals surface area contributed by atoms with Crippen molar-refractivity contribution in [1.82, 2.24) is 0 Å². The van der Waals surface area contributed by atoms with Gasteiger partial charge in [0.05, 0.1) is 6.61 Å². The van der Waals surface area contributed by atoms with E-state index >= 15 is 0 Å². The van der Waals surface area contributed by atoms with E-state index in [1.54, 1.807) is 0 Å². The highest BCUT2D eigenvalue weighted by Gasteiger charge is 2.51. The van der Waals surface area contributed by atoms with Gasteiger partial charge in [0, 0.05) is 0 Å². The van der Waals surface area contributed by atoms with Gasteiger partial charge >= 0.3 is 5.97 Å². The highest BCUT2D eigenvalue weighted by Crippen LogP contribution is 2.59. The number of ether oxygens (including phenoxy) is 1. The van der Waals surface area contributed by atoms with Gasteiger partial charge in [0.1, 0.15) is 6.04 Å². The Hall–Kier alpha value is -0.570. The van der Waals surface area contributed by atoms with Crippen molar-refractivity contribution in [1.29, 1.82) is 0 Å². The molecule has 2 N–H and O–H groups in total. The standard InChI is InChI=1S/C11H19NO2/c1-2-14-10(13)9(12)8-6-11(7-8)4-3-5-11/h8-9H,2-7,12H2,1H3. The molecule has 2 fully saturated rings. The van der Waals surface area contributed by atoms with E-state index in [1.807, 2.05) is 6.92 Å². The fraction of sp³-hybridized carbons (Fsp3) is 0.909. The van der Waals surface area contributed by atoms with E-state index in [0.29, 0.717) is 17.9 Å². The number of esters is 1. The normalized spacial score (nSPS) is 26.4. The van der Waals surface area contributed by atoms with Crippen molar-refractivity contribution in [2.75, 3.05) is 6.61 Å². The molecule has 0 bridgehead atoms. The lowest BCUT2D eigenvalue weighted by atomic mass is 9.50. The fourth-order valence-corrected chi connectivity index (χ4v) is 2.82. The first-order valence-corrected chi connectivity index (χ1v) is 5.59. The van der Waals surface area contributed by atoms with Gasteiger partial charge < -0.3 is 10.5 Å². The van der Waals surface area contributed by atoms with Crippen molar-refractivity contribution in [3.05, 3.63) is 0 Å². The Bertz CT molecular complexity index is 227. The van der Waals surface area contributed by atoms with Crippen LogP contribution in [-0.2, 0) is 9.53 Å². The van der Waals surface area contributed by atoms with Gasteiger partial charge in [-0.15, -0.1) is 0 Å². The van der Waals surface area contributed by atoms with Crippen molar-refractivity contribution in [2.45, 2.75) is 45.1 Å². The van der Waals surface area contributed by atoms with Crippen LogP contribution >= 0.6 is 0 Å². The molecule has 1 unspecified atom stereocenters. The number of hydrogen-bond donors (Lipinski definition) is 1. The highest BCUT2D eigenvalue weighted by atomic mass is 16.5. The largest absolute Gasteiger partial charge is 0.465 e. The van der Waals surface area contributed by atoms with E-state index in [2.05, 4.69) is 0 Å². The Morgan fingerprint density at radius 3 is 2.64 bits per heavy atom. The lowest BCUT2D eigenvalue weighted by Crippen LogP contribution is -2.52. The highest BCUT2D eigenvalue weighted by molar-refractivity contribution is 5.76. The average molecular weight is 197 g/mol. The molecule has 2 saturated carbocycles. The smallest absolute Gasteiger partial charge is 0.323 e. The second-order valence-electron chi connectivity index (χ2n) is 4.80. The van der Waals surface area contributed by atoms with Gasteiger partial charge in [-0.3, -0.25) is 4.79 Å². The molecule has 0 saturated heterocycles. The molecule has 2 aliphatic carbocycles. The van der Waals surface area contributed by atoms with E-state index in [4.69, 9.17) is 10.5 Å². The van der Waals surface area contributed by atoms with Gasteiger partial charge in [0.25, 0.3) is 0 Å². The topological polar surface area (TPSA) is 52.3 Å². The minimum Gasteiger partial charge on any atom is -0.465 e. The van der Waals surface area contributed by atoms with Crippen LogP contribution in [0.15, 0.2) is 0 Å². The molecule has 0 heterocycles. The van der Waals surface area contributed by atoms with Crippen LogP contribution in [0.2, 0.25) is 0 Å². The van der Waals surface area contributed by atoms with Gasteiger partial charge in [0.2, 0.25) is 0 Å². The maximum Gasteiger partial charge on any atom is 0.323 e. The number of rotatable bonds is 3. The Kier molecular flexibility index (Phi) is 2.52. The maximum atomic E-state index is 11.3. The van der Waals surface area contributed by atoms with Crippen molar-refractivity contribution in [2.24, 2.45) is 17.1 Å². The maximum absolute atomic E-state index is 11.3. The number of hydrogen-bond acceptors (Lipinski definition) is 3. The van der Waals surface area contributed by atoms with E-state index < -0.39 is 0 Å². The summed E-state index contributed by atoms with van der Waals surface area (Å²) in [5, 5.41) is 0. The summed E-state index contributed by atoms with van der Waals surface area (Å²) in [5.41, 5.74) is 6.43. The first kappa shape index (κ1) is 9.97. The molecular formula is C11H19NO2. The Balaban J connectivity index is 1.77. The predicted molar refractivity (Wildman–Crippen MR) is 53.6 cm³/mol. The Morgan fingerprint density at radius 1 is 1.57 bits per heavy atom. The van der Waals surface area contributed by atoms with Crippen LogP contribution < -0.4 is 5.73 Å². The third-order valence-electron chi connectivity index (χ3n) is 3.87. The summed E-state index contributed by atoms with van der Waals surface area (Å²) in [6.45, 7) is 2.25. The minimum absolute atomic E-state index is 0.216. The fourth-order valence-electron chi connectivity index (χ4n) is 2.82. The molecule has 3 heteroatoms. The summed E-state index contributed by atoms with van der Waals surface area (Å²) in [7, 11) is 0. The summed E-state index contributed by atoms with van der Waals surface area (Å²) in [4.78, 5) is 11.3. The number of carbonyl (C=O) groups excluding carboxylic acids is 1. The van der Waals surface area contributed by atoms with Crippen LogP contribution in [0.25, 0.3) is 0 Å². The zero-order valence-corrected chi connectivity index (χ0v) is 8.79. The number of carbonyl (C=O) groups is 1. The molecule has 1 atom stereocenters. The third kappa shape index (κ3) is 1.54. The van der Waals surface area contributed by atoms with Crippen LogP contribution in [0.5, 0.6) is 0 Å². The lowest BCUT2D eigenvalue weighted by molar-refractivity contribution is -0.150. The second-order valence-corrected chi connectivity index (χ2v) is 4.80. The van der Waals surface area contributed by atoms with Crippen molar-refractivity contribution in [3.8, 4) is 0 Å². The lowest BCUT2D eigenvalue weighted by Gasteiger charge is -2.55. The van der Waals surface area contributed by atoms with Crippen LogP contribution in [0.4, 0.5) is 0 Å². The summed E-state index contributed by atoms with van der Waals surface area (Å²) in [6, 6.07) is -0.374. The molecular weight excluding hydrogens is 178 g/mol. The van der Waals surface area contributed by atoms with Gasteiger partial charge in [-0.1, -0.05) is 6.42 Å². The Morgan fingerprint density at radius 2 is 2.21 bits per heavy atom. The average Bonchev–Trinajstić information content (AvgIpc) is 1.99. The molecule has 0 aromatic heterocycles. The molecule has 1 spiro atoms. The zero-order chi connectivity index (χ0) is 10.2. The molecule has 2 rings (SSSR count). The third-order valence-corrected chi connectivity index (χ3v) is 3.87. The molecule has 14 heavy (non-hydrogen) atoms. The van der Waals surface area contributed by atoms with Crippen molar-refractivity contribution >= 4 is 5.97 Å². The van der Waals surface area contributed by atoms with E-state index in [9.17, 15) is 4.79 Å². The quantitative estimate of drug-likeness (QED) is 0.697. The molecule has 0 aromatic rings. The summed E-state index contributed by atoms with van der Waals surface area (Å²) in [6.07, 6.45) is 6.35. The molecule has 80 valence electrons. The van der Waals surface area contributed by atoms with Gasteiger partial charge in [0.15, 0.2) is 0 Å². The van der Waals surface area contributed by atoms with Gasteiger partial charge in [-0.2, -0.15) is 0 Å². The van der Waals surface area contributed by atoms with E-state index in [1.165, 1.54) is 19.3 Å². The van der Waals surface area contributed by atoms with Crippen molar-refractivity contribution < 1.29 is 9.53 Å². The summed E-state index contributed by atoms with van der Waals surface area (Å²) >= 11 is 0. The van der Waals surface area contributed by atoms with Gasteiger partial charge in [-0.25, -0.2) is 0 Å². The van der Waals surface area contributed by atoms with Crippen molar-refractivity contribution in [3.63, 3.8) is 0 Å². The van der Waals surface area contributed by atoms with Crippen LogP contribution in [0.3, 0.4) is 0 Å². The van der Waals surface area contributed by atoms with E-state index in [0.717, 1.165) is 12.8 Å². The molecule has 0 aliphatic heterocycles. The molecule has 0 radical (unpaired) electrons. The monoisotopic (exact) mass is 197 g/mol.